The minimum absolute atomic E-state index is 0.0810. The van der Waals surface area contributed by atoms with Gasteiger partial charge in [-0.05, 0) is 0 Å². The summed E-state index contributed by atoms with van der Waals surface area (Å²) < 4.78 is 21.3. The van der Waals surface area contributed by atoms with E-state index in [-0.39, 0.29) is 10.0 Å². The van der Waals surface area contributed by atoms with E-state index in [2.05, 4.69) is 9.97 Å². The summed E-state index contributed by atoms with van der Waals surface area (Å²) in [5.74, 6) is 0. The third kappa shape index (κ3) is 2.02. The zero-order chi connectivity index (χ0) is 8.48. The van der Waals surface area contributed by atoms with Gasteiger partial charge in [-0.25, -0.2) is 18.4 Å². The first-order chi connectivity index (χ1) is 5.02. The molecule has 0 atom stereocenters. The van der Waals surface area contributed by atoms with Gasteiger partial charge in [-0.1, -0.05) is 11.6 Å². The molecule has 0 radical (unpaired) electrons. The lowest BCUT2D eigenvalue weighted by Gasteiger charge is -1.94. The van der Waals surface area contributed by atoms with Crippen molar-refractivity contribution in [1.82, 2.24) is 9.97 Å². The van der Waals surface area contributed by atoms with Crippen LogP contribution in [0.15, 0.2) is 17.6 Å². The first-order valence-electron chi connectivity index (χ1n) is 2.42. The molecule has 0 N–H and O–H groups in total. The Morgan fingerprint density at radius 1 is 1.45 bits per heavy atom. The monoisotopic (exact) mass is 212 g/mol. The van der Waals surface area contributed by atoms with Gasteiger partial charge < -0.3 is 0 Å². The van der Waals surface area contributed by atoms with Crippen LogP contribution in [0.3, 0.4) is 0 Å². The SMILES string of the molecule is O=S(=O)(Cl)c1ncncc1Cl. The highest BCUT2D eigenvalue weighted by molar-refractivity contribution is 8.13. The van der Waals surface area contributed by atoms with Gasteiger partial charge in [0, 0.05) is 10.7 Å². The summed E-state index contributed by atoms with van der Waals surface area (Å²) in [5, 5.41) is -0.446. The van der Waals surface area contributed by atoms with E-state index in [1.165, 1.54) is 0 Å². The van der Waals surface area contributed by atoms with Gasteiger partial charge in [0.2, 0.25) is 0 Å². The molecule has 0 aliphatic carbocycles. The van der Waals surface area contributed by atoms with Crippen LogP contribution in [-0.2, 0) is 9.05 Å². The van der Waals surface area contributed by atoms with Crippen LogP contribution in [0.25, 0.3) is 0 Å². The molecule has 0 amide bonds. The highest BCUT2D eigenvalue weighted by atomic mass is 35.7. The van der Waals surface area contributed by atoms with Crippen LogP contribution >= 0.6 is 22.3 Å². The normalized spacial score (nSPS) is 11.5. The maximum Gasteiger partial charge on any atom is 0.280 e. The Morgan fingerprint density at radius 3 is 2.45 bits per heavy atom. The van der Waals surface area contributed by atoms with Crippen molar-refractivity contribution in [2.45, 2.75) is 5.03 Å². The second-order valence-electron chi connectivity index (χ2n) is 1.61. The molecule has 1 aromatic heterocycles. The molecule has 0 aliphatic heterocycles. The van der Waals surface area contributed by atoms with Gasteiger partial charge >= 0.3 is 0 Å². The zero-order valence-electron chi connectivity index (χ0n) is 5.03. The Morgan fingerprint density at radius 2 is 2.09 bits per heavy atom. The minimum atomic E-state index is -3.84. The van der Waals surface area contributed by atoms with Gasteiger partial charge in [0.25, 0.3) is 9.05 Å². The molecule has 7 heteroatoms. The van der Waals surface area contributed by atoms with E-state index >= 15 is 0 Å². The van der Waals surface area contributed by atoms with E-state index in [0.29, 0.717) is 0 Å². The quantitative estimate of drug-likeness (QED) is 0.516. The van der Waals surface area contributed by atoms with Crippen molar-refractivity contribution in [2.75, 3.05) is 0 Å². The third-order valence-electron chi connectivity index (χ3n) is 0.865. The molecule has 1 rings (SSSR count). The van der Waals surface area contributed by atoms with E-state index in [4.69, 9.17) is 22.3 Å². The summed E-state index contributed by atoms with van der Waals surface area (Å²) >= 11 is 5.42. The van der Waals surface area contributed by atoms with Crippen molar-refractivity contribution in [3.63, 3.8) is 0 Å². The van der Waals surface area contributed by atoms with Crippen LogP contribution in [0, 0.1) is 0 Å². The van der Waals surface area contributed by atoms with Gasteiger partial charge in [0.15, 0.2) is 5.03 Å². The van der Waals surface area contributed by atoms with Crippen molar-refractivity contribution in [1.29, 1.82) is 0 Å². The lowest BCUT2D eigenvalue weighted by molar-refractivity contribution is 0.606. The molecule has 4 nitrogen and oxygen atoms in total. The fourth-order valence-corrected chi connectivity index (χ4v) is 1.84. The smallest absolute Gasteiger partial charge is 0.243 e. The summed E-state index contributed by atoms with van der Waals surface area (Å²) in [6, 6.07) is 0. The van der Waals surface area contributed by atoms with Crippen LogP contribution in [0.4, 0.5) is 0 Å². The van der Waals surface area contributed by atoms with E-state index in [1.54, 1.807) is 0 Å². The van der Waals surface area contributed by atoms with Gasteiger partial charge in [-0.15, -0.1) is 0 Å². The summed E-state index contributed by atoms with van der Waals surface area (Å²) in [6.45, 7) is 0. The molecule has 60 valence electrons. The molecular weight excluding hydrogens is 211 g/mol. The minimum Gasteiger partial charge on any atom is -0.243 e. The van der Waals surface area contributed by atoms with Crippen LogP contribution in [-0.4, -0.2) is 18.4 Å². The number of hydrogen-bond acceptors (Lipinski definition) is 4. The second-order valence-corrected chi connectivity index (χ2v) is 4.50. The van der Waals surface area contributed by atoms with Crippen LogP contribution in [0.2, 0.25) is 5.02 Å². The summed E-state index contributed by atoms with van der Waals surface area (Å²) in [4.78, 5) is 6.88. The predicted molar refractivity (Wildman–Crippen MR) is 40.1 cm³/mol. The average molecular weight is 213 g/mol. The fraction of sp³-hybridized carbons (Fsp3) is 0. The van der Waals surface area contributed by atoms with Crippen molar-refractivity contribution in [3.05, 3.63) is 17.5 Å². The average Bonchev–Trinajstić information content (AvgIpc) is 1.86. The Bertz CT molecular complexity index is 364. The molecule has 0 saturated carbocycles. The first kappa shape index (κ1) is 8.70. The Kier molecular flexibility index (Phi) is 2.31. The van der Waals surface area contributed by atoms with E-state index < -0.39 is 9.05 Å². The molecule has 0 aliphatic rings. The van der Waals surface area contributed by atoms with Crippen LogP contribution < -0.4 is 0 Å². The summed E-state index contributed by atoms with van der Waals surface area (Å²) in [6.07, 6.45) is 2.21. The topological polar surface area (TPSA) is 59.9 Å². The lowest BCUT2D eigenvalue weighted by Crippen LogP contribution is -1.96. The largest absolute Gasteiger partial charge is 0.280 e. The molecule has 0 aromatic carbocycles. The lowest BCUT2D eigenvalue weighted by atomic mass is 10.7. The maximum absolute atomic E-state index is 10.6. The van der Waals surface area contributed by atoms with Crippen molar-refractivity contribution < 1.29 is 8.42 Å². The van der Waals surface area contributed by atoms with Crippen molar-refractivity contribution in [2.24, 2.45) is 0 Å². The highest BCUT2D eigenvalue weighted by Crippen LogP contribution is 2.19. The molecule has 0 saturated heterocycles. The molecule has 1 heterocycles. The number of nitrogens with zero attached hydrogens (tertiary/aromatic N) is 2. The highest BCUT2D eigenvalue weighted by Gasteiger charge is 2.15. The fourth-order valence-electron chi connectivity index (χ4n) is 0.481. The van der Waals surface area contributed by atoms with E-state index in [0.717, 1.165) is 12.5 Å². The maximum atomic E-state index is 10.6. The Hall–Kier alpha value is -0.390. The Labute approximate surface area is 72.6 Å². The zero-order valence-corrected chi connectivity index (χ0v) is 7.36. The first-order valence-corrected chi connectivity index (χ1v) is 5.10. The predicted octanol–water partition coefficient (Wildman–Crippen LogP) is 1.06. The van der Waals surface area contributed by atoms with Gasteiger partial charge in [0.05, 0.1) is 11.2 Å². The second kappa shape index (κ2) is 2.92. The number of rotatable bonds is 1. The molecule has 11 heavy (non-hydrogen) atoms. The molecule has 0 unspecified atom stereocenters. The van der Waals surface area contributed by atoms with Crippen LogP contribution in [0.1, 0.15) is 0 Å². The summed E-state index contributed by atoms with van der Waals surface area (Å²) in [5.41, 5.74) is 0. The van der Waals surface area contributed by atoms with Crippen molar-refractivity contribution in [3.8, 4) is 0 Å². The van der Waals surface area contributed by atoms with Gasteiger partial charge in [0.1, 0.15) is 6.33 Å². The van der Waals surface area contributed by atoms with E-state index in [9.17, 15) is 8.42 Å². The number of aromatic nitrogens is 2. The van der Waals surface area contributed by atoms with Gasteiger partial charge in [-0.2, -0.15) is 0 Å². The number of halogens is 2. The van der Waals surface area contributed by atoms with Gasteiger partial charge in [-0.3, -0.25) is 0 Å². The van der Waals surface area contributed by atoms with E-state index in [1.807, 2.05) is 0 Å². The molecule has 0 bridgehead atoms. The third-order valence-corrected chi connectivity index (χ3v) is 2.48. The molecule has 0 fully saturated rings. The molecular formula is C4H2Cl2N2O2S. The van der Waals surface area contributed by atoms with Crippen LogP contribution in [0.5, 0.6) is 0 Å². The molecule has 0 spiro atoms. The summed E-state index contributed by atoms with van der Waals surface area (Å²) in [7, 11) is 1.12. The standard InChI is InChI=1S/C4H2Cl2N2O2S/c5-3-1-7-2-8-4(3)11(6,9)10/h1-2H. The Balaban J connectivity index is 3.37. The van der Waals surface area contributed by atoms with Crippen molar-refractivity contribution >= 4 is 31.3 Å². The number of hydrogen-bond donors (Lipinski definition) is 0. The molecule has 1 aromatic rings.